The van der Waals surface area contributed by atoms with E-state index >= 15 is 0 Å². The third-order valence-electron chi connectivity index (χ3n) is 2.54. The number of benzene rings is 1. The van der Waals surface area contributed by atoms with Crippen molar-refractivity contribution in [2.45, 2.75) is 12.8 Å². The summed E-state index contributed by atoms with van der Waals surface area (Å²) in [6.45, 7) is 2.06. The molecule has 1 aromatic rings. The molecule has 0 spiro atoms. The van der Waals surface area contributed by atoms with Crippen LogP contribution in [0.25, 0.3) is 0 Å². The quantitative estimate of drug-likeness (QED) is 0.637. The Morgan fingerprint density at radius 1 is 1.40 bits per heavy atom. The van der Waals surface area contributed by atoms with Gasteiger partial charge in [0.25, 0.3) is 0 Å². The summed E-state index contributed by atoms with van der Waals surface area (Å²) in [6, 6.07) is 6.45. The van der Waals surface area contributed by atoms with Gasteiger partial charge in [0.05, 0.1) is 0 Å². The second-order valence-corrected chi connectivity index (χ2v) is 3.82. The highest BCUT2D eigenvalue weighted by Gasteiger charge is 2.08. The molecular weight excluding hydrogens is 189 g/mol. The molecule has 15 heavy (non-hydrogen) atoms. The second-order valence-electron chi connectivity index (χ2n) is 3.82. The van der Waals surface area contributed by atoms with Crippen molar-refractivity contribution in [2.75, 3.05) is 13.1 Å². The van der Waals surface area contributed by atoms with Gasteiger partial charge in [0.15, 0.2) is 0 Å². The Kier molecular flexibility index (Phi) is 3.37. The van der Waals surface area contributed by atoms with Crippen LogP contribution in [-0.2, 0) is 0 Å². The zero-order valence-corrected chi connectivity index (χ0v) is 8.59. The highest BCUT2D eigenvalue weighted by Crippen LogP contribution is 2.09. The first-order valence-corrected chi connectivity index (χ1v) is 5.32. The Morgan fingerprint density at radius 3 is 3.07 bits per heavy atom. The molecule has 1 heterocycles. The van der Waals surface area contributed by atoms with Gasteiger partial charge in [-0.3, -0.25) is 0 Å². The molecule has 0 aliphatic carbocycles. The standard InChI is InChI=1S/C13H14FN/c14-13-5-1-3-11(9-13)6-7-12-4-2-8-15-10-12/h1,3,5,9,12,15H,2,4,8,10H2. The van der Waals surface area contributed by atoms with Crippen molar-refractivity contribution >= 4 is 0 Å². The number of piperidine rings is 1. The van der Waals surface area contributed by atoms with Crippen molar-refractivity contribution in [2.24, 2.45) is 5.92 Å². The van der Waals surface area contributed by atoms with Gasteiger partial charge in [-0.2, -0.15) is 0 Å². The Morgan fingerprint density at radius 2 is 2.33 bits per heavy atom. The van der Waals surface area contributed by atoms with Crippen molar-refractivity contribution in [3.05, 3.63) is 35.6 Å². The van der Waals surface area contributed by atoms with E-state index in [9.17, 15) is 4.39 Å². The normalized spacial score (nSPS) is 20.5. The predicted molar refractivity (Wildman–Crippen MR) is 58.9 cm³/mol. The first-order chi connectivity index (χ1) is 7.34. The van der Waals surface area contributed by atoms with E-state index in [1.165, 1.54) is 18.6 Å². The third-order valence-corrected chi connectivity index (χ3v) is 2.54. The van der Waals surface area contributed by atoms with Crippen LogP contribution in [-0.4, -0.2) is 13.1 Å². The first kappa shape index (κ1) is 10.2. The average Bonchev–Trinajstić information content (AvgIpc) is 2.28. The van der Waals surface area contributed by atoms with Crippen LogP contribution in [0.1, 0.15) is 18.4 Å². The van der Waals surface area contributed by atoms with Crippen molar-refractivity contribution < 1.29 is 4.39 Å². The van der Waals surface area contributed by atoms with E-state index in [4.69, 9.17) is 0 Å². The molecule has 0 amide bonds. The van der Waals surface area contributed by atoms with Gasteiger partial charge >= 0.3 is 0 Å². The van der Waals surface area contributed by atoms with Gasteiger partial charge in [-0.15, -0.1) is 0 Å². The molecular formula is C13H14FN. The van der Waals surface area contributed by atoms with Gasteiger partial charge in [0, 0.05) is 18.0 Å². The minimum atomic E-state index is -0.219. The van der Waals surface area contributed by atoms with Crippen molar-refractivity contribution in [3.63, 3.8) is 0 Å². The van der Waals surface area contributed by atoms with E-state index in [0.29, 0.717) is 5.92 Å². The summed E-state index contributed by atoms with van der Waals surface area (Å²) in [7, 11) is 0. The Bertz CT molecular complexity index is 383. The summed E-state index contributed by atoms with van der Waals surface area (Å²) < 4.78 is 12.9. The van der Waals surface area contributed by atoms with E-state index in [-0.39, 0.29) is 5.82 Å². The SMILES string of the molecule is Fc1cccc(C#CC2CCCNC2)c1. The summed E-state index contributed by atoms with van der Waals surface area (Å²) in [5, 5.41) is 3.31. The van der Waals surface area contributed by atoms with Crippen LogP contribution >= 0.6 is 0 Å². The van der Waals surface area contributed by atoms with E-state index in [0.717, 1.165) is 25.1 Å². The molecule has 2 heteroatoms. The van der Waals surface area contributed by atoms with E-state index in [2.05, 4.69) is 17.2 Å². The number of rotatable bonds is 0. The topological polar surface area (TPSA) is 12.0 Å². The molecule has 78 valence electrons. The second kappa shape index (κ2) is 4.95. The Balaban J connectivity index is 2.03. The molecule has 0 aromatic heterocycles. The summed E-state index contributed by atoms with van der Waals surface area (Å²) in [5.41, 5.74) is 0.764. The van der Waals surface area contributed by atoms with Gasteiger partial charge in [-0.1, -0.05) is 17.9 Å². The molecule has 1 aromatic carbocycles. The summed E-state index contributed by atoms with van der Waals surface area (Å²) in [4.78, 5) is 0. The lowest BCUT2D eigenvalue weighted by molar-refractivity contribution is 0.449. The number of hydrogen-bond donors (Lipinski definition) is 1. The maximum absolute atomic E-state index is 12.9. The molecule has 0 saturated carbocycles. The predicted octanol–water partition coefficient (Wildman–Crippen LogP) is 2.18. The number of hydrogen-bond acceptors (Lipinski definition) is 1. The van der Waals surface area contributed by atoms with Crippen LogP contribution in [0.5, 0.6) is 0 Å². The molecule has 1 fully saturated rings. The van der Waals surface area contributed by atoms with Crippen LogP contribution in [0.3, 0.4) is 0 Å². The van der Waals surface area contributed by atoms with Crippen LogP contribution in [0.2, 0.25) is 0 Å². The molecule has 1 atom stereocenters. The molecule has 0 bridgehead atoms. The lowest BCUT2D eigenvalue weighted by atomic mass is 10.00. The van der Waals surface area contributed by atoms with Crippen molar-refractivity contribution in [1.82, 2.24) is 5.32 Å². The van der Waals surface area contributed by atoms with Crippen molar-refractivity contribution in [3.8, 4) is 11.8 Å². The zero-order chi connectivity index (χ0) is 10.5. The van der Waals surface area contributed by atoms with Gasteiger partial charge in [0.1, 0.15) is 5.82 Å². The van der Waals surface area contributed by atoms with Gasteiger partial charge in [-0.25, -0.2) is 4.39 Å². The zero-order valence-electron chi connectivity index (χ0n) is 8.59. The summed E-state index contributed by atoms with van der Waals surface area (Å²) in [6.07, 6.45) is 2.33. The maximum atomic E-state index is 12.9. The smallest absolute Gasteiger partial charge is 0.124 e. The first-order valence-electron chi connectivity index (χ1n) is 5.32. The fourth-order valence-corrected chi connectivity index (χ4v) is 1.73. The molecule has 1 aliphatic heterocycles. The molecule has 1 nitrogen and oxygen atoms in total. The summed E-state index contributed by atoms with van der Waals surface area (Å²) >= 11 is 0. The lowest BCUT2D eigenvalue weighted by Crippen LogP contribution is -2.28. The number of nitrogens with one attached hydrogen (secondary N) is 1. The monoisotopic (exact) mass is 203 g/mol. The van der Waals surface area contributed by atoms with Gasteiger partial charge in [0.2, 0.25) is 0 Å². The van der Waals surface area contributed by atoms with Crippen LogP contribution in [0.4, 0.5) is 4.39 Å². The largest absolute Gasteiger partial charge is 0.316 e. The minimum absolute atomic E-state index is 0.219. The Hall–Kier alpha value is -1.33. The molecule has 1 N–H and O–H groups in total. The lowest BCUT2D eigenvalue weighted by Gasteiger charge is -2.17. The minimum Gasteiger partial charge on any atom is -0.316 e. The van der Waals surface area contributed by atoms with Crippen LogP contribution < -0.4 is 5.32 Å². The highest BCUT2D eigenvalue weighted by atomic mass is 19.1. The molecule has 1 unspecified atom stereocenters. The van der Waals surface area contributed by atoms with Gasteiger partial charge < -0.3 is 5.32 Å². The molecule has 0 radical (unpaired) electrons. The average molecular weight is 203 g/mol. The maximum Gasteiger partial charge on any atom is 0.124 e. The summed E-state index contributed by atoms with van der Waals surface area (Å²) in [5.74, 6) is 6.41. The van der Waals surface area contributed by atoms with E-state index in [1.807, 2.05) is 6.07 Å². The molecule has 1 saturated heterocycles. The van der Waals surface area contributed by atoms with Crippen molar-refractivity contribution in [1.29, 1.82) is 0 Å². The molecule has 2 rings (SSSR count). The van der Waals surface area contributed by atoms with E-state index in [1.54, 1.807) is 6.07 Å². The Labute approximate surface area is 89.7 Å². The highest BCUT2D eigenvalue weighted by molar-refractivity contribution is 5.34. The van der Waals surface area contributed by atoms with E-state index < -0.39 is 0 Å². The number of halogens is 1. The fraction of sp³-hybridized carbons (Fsp3) is 0.385. The van der Waals surface area contributed by atoms with Gasteiger partial charge in [-0.05, 0) is 37.6 Å². The van der Waals surface area contributed by atoms with Crippen LogP contribution in [0, 0.1) is 23.6 Å². The third kappa shape index (κ3) is 3.07. The fourth-order valence-electron chi connectivity index (χ4n) is 1.73. The molecule has 1 aliphatic rings. The van der Waals surface area contributed by atoms with Crippen LogP contribution in [0.15, 0.2) is 24.3 Å².